The van der Waals surface area contributed by atoms with Crippen LogP contribution in [0.5, 0.6) is 0 Å². The molecule has 1 N–H and O–H groups in total. The Balaban J connectivity index is 1.48. The highest BCUT2D eigenvalue weighted by atomic mass is 16.5. The molecule has 0 bridgehead atoms. The molecule has 38 heavy (non-hydrogen) atoms. The van der Waals surface area contributed by atoms with E-state index in [1.807, 2.05) is 13.8 Å². The van der Waals surface area contributed by atoms with Crippen molar-refractivity contribution < 1.29 is 19.1 Å². The van der Waals surface area contributed by atoms with Gasteiger partial charge in [0.25, 0.3) is 0 Å². The van der Waals surface area contributed by atoms with Gasteiger partial charge in [0, 0.05) is 30.2 Å². The minimum atomic E-state index is -0.202. The molecule has 9 atom stereocenters. The maximum absolute atomic E-state index is 14.3. The largest absolute Gasteiger partial charge is 0.462 e. The highest BCUT2D eigenvalue weighted by Crippen LogP contribution is 2.71. The predicted octanol–water partition coefficient (Wildman–Crippen LogP) is 6.64. The second-order valence-electron chi connectivity index (χ2n) is 15.5. The topological polar surface area (TPSA) is 72.5 Å². The number of carbonyl (C=O) groups is 3. The summed E-state index contributed by atoms with van der Waals surface area (Å²) >= 11 is 0. The summed E-state index contributed by atoms with van der Waals surface area (Å²) in [6.45, 7) is 17.3. The molecule has 1 amide bonds. The fourth-order valence-corrected chi connectivity index (χ4v) is 10.8. The number of hydrogen-bond acceptors (Lipinski definition) is 4. The Kier molecular flexibility index (Phi) is 6.75. The second kappa shape index (κ2) is 9.20. The number of rotatable bonds is 3. The number of ketones is 1. The normalized spacial score (nSPS) is 45.6. The molecule has 0 heterocycles. The molecule has 4 saturated carbocycles. The Hall–Kier alpha value is -1.65. The standard InChI is InChI=1S/C33H51NO4/c1-19(2)34-29(37)21-9-13-31(6)14-10-23-22(24(31)17-21)18-25(36)28-32(23,7)15-11-26-30(4,5)27(38-20(3)35)12-16-33(26,28)8/h18-19,21,23-24,26-28H,9-17H2,1-8H3,(H,34,37)/t21?,23?,24-,26-,27?,28?,31+,32-,33-/m0/s1. The summed E-state index contributed by atoms with van der Waals surface area (Å²) in [5.74, 6) is 1.45. The molecule has 5 heteroatoms. The molecule has 5 rings (SSSR count). The number of nitrogens with one attached hydrogen (secondary N) is 1. The van der Waals surface area contributed by atoms with Crippen molar-refractivity contribution in [3.05, 3.63) is 11.6 Å². The maximum Gasteiger partial charge on any atom is 0.302 e. The van der Waals surface area contributed by atoms with Gasteiger partial charge in [0.1, 0.15) is 6.10 Å². The van der Waals surface area contributed by atoms with Crippen LogP contribution >= 0.6 is 0 Å². The van der Waals surface area contributed by atoms with Crippen molar-refractivity contribution in [2.75, 3.05) is 0 Å². The molecule has 5 aliphatic rings. The van der Waals surface area contributed by atoms with Crippen molar-refractivity contribution in [1.82, 2.24) is 5.32 Å². The summed E-state index contributed by atoms with van der Waals surface area (Å²) < 4.78 is 5.83. The van der Waals surface area contributed by atoms with Crippen LogP contribution in [0.4, 0.5) is 0 Å². The number of allylic oxidation sites excluding steroid dienone is 2. The zero-order valence-electron chi connectivity index (χ0n) is 25.1. The van der Waals surface area contributed by atoms with Gasteiger partial charge in [-0.1, -0.05) is 40.2 Å². The molecule has 0 aromatic carbocycles. The lowest BCUT2D eigenvalue weighted by Crippen LogP contribution is -2.64. The molecule has 0 aromatic heterocycles. The lowest BCUT2D eigenvalue weighted by molar-refractivity contribution is -0.200. The third kappa shape index (κ3) is 4.12. The van der Waals surface area contributed by atoms with Crippen LogP contribution in [0, 0.1) is 51.2 Å². The highest BCUT2D eigenvalue weighted by molar-refractivity contribution is 5.95. The van der Waals surface area contributed by atoms with E-state index >= 15 is 0 Å². The molecular formula is C33H51NO4. The number of amides is 1. The van der Waals surface area contributed by atoms with Crippen molar-refractivity contribution in [2.45, 2.75) is 125 Å². The Labute approximate surface area is 230 Å². The predicted molar refractivity (Wildman–Crippen MR) is 149 cm³/mol. The lowest BCUT2D eigenvalue weighted by atomic mass is 9.37. The fraction of sp³-hybridized carbons (Fsp3) is 0.848. The van der Waals surface area contributed by atoms with Crippen molar-refractivity contribution in [2.24, 2.45) is 51.2 Å². The second-order valence-corrected chi connectivity index (χ2v) is 15.5. The van der Waals surface area contributed by atoms with Gasteiger partial charge in [0.15, 0.2) is 5.78 Å². The molecular weight excluding hydrogens is 474 g/mol. The van der Waals surface area contributed by atoms with Crippen molar-refractivity contribution in [3.8, 4) is 0 Å². The van der Waals surface area contributed by atoms with Crippen molar-refractivity contribution in [3.63, 3.8) is 0 Å². The van der Waals surface area contributed by atoms with E-state index in [2.05, 4.69) is 46.0 Å². The monoisotopic (exact) mass is 525 g/mol. The quantitative estimate of drug-likeness (QED) is 0.419. The molecule has 0 aliphatic heterocycles. The van der Waals surface area contributed by atoms with Crippen LogP contribution in [-0.4, -0.2) is 29.8 Å². The Morgan fingerprint density at radius 2 is 1.58 bits per heavy atom. The van der Waals surface area contributed by atoms with Crippen LogP contribution in [0.2, 0.25) is 0 Å². The van der Waals surface area contributed by atoms with Crippen LogP contribution in [0.1, 0.15) is 113 Å². The average Bonchev–Trinajstić information content (AvgIpc) is 2.79. The van der Waals surface area contributed by atoms with Crippen LogP contribution < -0.4 is 5.32 Å². The average molecular weight is 526 g/mol. The SMILES string of the molecule is CC(=O)OC1CC[C@]2(C)C3C(=O)C=C4C(CC[C@@]5(C)CCC(C(=O)NC(C)C)C[C@@H]45)[C@]3(C)CC[C@H]2C1(C)C. The fourth-order valence-electron chi connectivity index (χ4n) is 10.8. The van der Waals surface area contributed by atoms with Gasteiger partial charge in [-0.25, -0.2) is 0 Å². The van der Waals surface area contributed by atoms with E-state index < -0.39 is 0 Å². The van der Waals surface area contributed by atoms with Crippen molar-refractivity contribution >= 4 is 17.7 Å². The number of hydrogen-bond donors (Lipinski definition) is 1. The maximum atomic E-state index is 14.3. The lowest BCUT2D eigenvalue weighted by Gasteiger charge is -2.67. The number of esters is 1. The Morgan fingerprint density at radius 3 is 2.24 bits per heavy atom. The van der Waals surface area contributed by atoms with Gasteiger partial charge in [-0.2, -0.15) is 0 Å². The van der Waals surface area contributed by atoms with Crippen LogP contribution in [0.25, 0.3) is 0 Å². The van der Waals surface area contributed by atoms with Gasteiger partial charge >= 0.3 is 5.97 Å². The number of ether oxygens (including phenoxy) is 1. The molecule has 0 aromatic rings. The number of carbonyl (C=O) groups excluding carboxylic acids is 3. The highest BCUT2D eigenvalue weighted by Gasteiger charge is 2.67. The molecule has 4 fully saturated rings. The first-order valence-electron chi connectivity index (χ1n) is 15.4. The van der Waals surface area contributed by atoms with Crippen LogP contribution in [0.15, 0.2) is 11.6 Å². The van der Waals surface area contributed by atoms with Crippen molar-refractivity contribution in [1.29, 1.82) is 0 Å². The van der Waals surface area contributed by atoms with Gasteiger partial charge in [-0.15, -0.1) is 0 Å². The molecule has 212 valence electrons. The Bertz CT molecular complexity index is 1040. The number of fused-ring (bicyclic) bond motifs is 7. The molecule has 4 unspecified atom stereocenters. The summed E-state index contributed by atoms with van der Waals surface area (Å²) in [6.07, 6.45) is 11.1. The molecule has 0 spiro atoms. The summed E-state index contributed by atoms with van der Waals surface area (Å²) in [5, 5.41) is 3.16. The minimum absolute atomic E-state index is 0.00744. The third-order valence-corrected chi connectivity index (χ3v) is 12.5. The molecule has 0 radical (unpaired) electrons. The summed E-state index contributed by atoms with van der Waals surface area (Å²) in [6, 6.07) is 0.154. The van der Waals surface area contributed by atoms with Crippen LogP contribution in [0.3, 0.4) is 0 Å². The van der Waals surface area contributed by atoms with Gasteiger partial charge < -0.3 is 10.1 Å². The van der Waals surface area contributed by atoms with E-state index in [1.54, 1.807) is 0 Å². The first kappa shape index (κ1) is 27.9. The zero-order chi connectivity index (χ0) is 27.8. The summed E-state index contributed by atoms with van der Waals surface area (Å²) in [4.78, 5) is 39.2. The first-order chi connectivity index (χ1) is 17.6. The zero-order valence-corrected chi connectivity index (χ0v) is 25.1. The molecule has 0 saturated heterocycles. The summed E-state index contributed by atoms with van der Waals surface area (Å²) in [7, 11) is 0. The van der Waals surface area contributed by atoms with Crippen LogP contribution in [-0.2, 0) is 19.1 Å². The van der Waals surface area contributed by atoms with Gasteiger partial charge in [0.2, 0.25) is 5.91 Å². The van der Waals surface area contributed by atoms with E-state index in [9.17, 15) is 14.4 Å². The first-order valence-corrected chi connectivity index (χ1v) is 15.4. The molecule has 5 nitrogen and oxygen atoms in total. The third-order valence-electron chi connectivity index (χ3n) is 12.5. The molecule has 5 aliphatic carbocycles. The van der Waals surface area contributed by atoms with Gasteiger partial charge in [0.05, 0.1) is 0 Å². The summed E-state index contributed by atoms with van der Waals surface area (Å²) in [5.41, 5.74) is 1.26. The van der Waals surface area contributed by atoms with Gasteiger partial charge in [-0.3, -0.25) is 14.4 Å². The van der Waals surface area contributed by atoms with E-state index in [1.165, 1.54) is 18.9 Å². The Morgan fingerprint density at radius 1 is 0.921 bits per heavy atom. The van der Waals surface area contributed by atoms with E-state index in [-0.39, 0.29) is 57.5 Å². The van der Waals surface area contributed by atoms with E-state index in [0.717, 1.165) is 51.4 Å². The van der Waals surface area contributed by atoms with E-state index in [0.29, 0.717) is 23.5 Å². The van der Waals surface area contributed by atoms with Gasteiger partial charge in [-0.05, 0) is 112 Å². The van der Waals surface area contributed by atoms with E-state index in [4.69, 9.17) is 4.74 Å². The minimum Gasteiger partial charge on any atom is -0.462 e. The smallest absolute Gasteiger partial charge is 0.302 e.